The molecule has 102 valence electrons. The average Bonchev–Trinajstić information content (AvgIpc) is 2.34. The third kappa shape index (κ3) is 5.07. The zero-order valence-corrected chi connectivity index (χ0v) is 11.8. The molecule has 0 bridgehead atoms. The van der Waals surface area contributed by atoms with Crippen LogP contribution in [0.2, 0.25) is 0 Å². The molecule has 0 amide bonds. The second kappa shape index (κ2) is 8.11. The Morgan fingerprint density at radius 3 is 2.39 bits per heavy atom. The van der Waals surface area contributed by atoms with Crippen LogP contribution in [0.4, 0.5) is 0 Å². The first-order chi connectivity index (χ1) is 8.65. The van der Waals surface area contributed by atoms with Crippen molar-refractivity contribution in [3.8, 4) is 5.75 Å². The van der Waals surface area contributed by atoms with Crippen molar-refractivity contribution in [2.75, 3.05) is 20.3 Å². The number of methoxy groups -OCH3 is 1. The molecule has 1 rings (SSSR count). The van der Waals surface area contributed by atoms with Crippen LogP contribution in [0.1, 0.15) is 36.0 Å². The van der Waals surface area contributed by atoms with E-state index in [0.717, 1.165) is 37.2 Å². The number of benzene rings is 1. The lowest BCUT2D eigenvalue weighted by atomic mass is 10.1. The molecule has 0 radical (unpaired) electrons. The number of phenols is 1. The molecule has 0 aliphatic carbocycles. The van der Waals surface area contributed by atoms with E-state index in [-0.39, 0.29) is 0 Å². The summed E-state index contributed by atoms with van der Waals surface area (Å²) in [7, 11) is 1.74. The molecule has 0 saturated heterocycles. The van der Waals surface area contributed by atoms with Crippen molar-refractivity contribution < 1.29 is 9.84 Å². The van der Waals surface area contributed by atoms with Crippen molar-refractivity contribution in [3.05, 3.63) is 28.8 Å². The second-order valence-electron chi connectivity index (χ2n) is 4.81. The number of aromatic hydroxyl groups is 1. The molecule has 0 aliphatic rings. The summed E-state index contributed by atoms with van der Waals surface area (Å²) in [6, 6.07) is 4.08. The molecule has 0 saturated carbocycles. The van der Waals surface area contributed by atoms with E-state index >= 15 is 0 Å². The fourth-order valence-electron chi connectivity index (χ4n) is 2.05. The summed E-state index contributed by atoms with van der Waals surface area (Å²) < 4.78 is 5.01. The zero-order valence-electron chi connectivity index (χ0n) is 11.8. The Bertz CT molecular complexity index is 341. The lowest BCUT2D eigenvalue weighted by Gasteiger charge is -2.09. The first-order valence-corrected chi connectivity index (χ1v) is 6.64. The molecular formula is C15H25NO2. The molecule has 0 spiro atoms. The lowest BCUT2D eigenvalue weighted by molar-refractivity contribution is 0.192. The predicted octanol–water partition coefficient (Wildman–Crippen LogP) is 2.92. The van der Waals surface area contributed by atoms with E-state index in [1.54, 1.807) is 7.11 Å². The van der Waals surface area contributed by atoms with Crippen LogP contribution in [0.5, 0.6) is 5.75 Å². The zero-order chi connectivity index (χ0) is 13.4. The summed E-state index contributed by atoms with van der Waals surface area (Å²) in [5.74, 6) is 0.415. The number of nitrogens with one attached hydrogen (secondary N) is 1. The second-order valence-corrected chi connectivity index (χ2v) is 4.81. The van der Waals surface area contributed by atoms with E-state index in [4.69, 9.17) is 4.74 Å². The molecule has 0 atom stereocenters. The predicted molar refractivity (Wildman–Crippen MR) is 75.0 cm³/mol. The largest absolute Gasteiger partial charge is 0.507 e. The van der Waals surface area contributed by atoms with E-state index < -0.39 is 0 Å². The molecule has 2 N–H and O–H groups in total. The minimum absolute atomic E-state index is 0.415. The van der Waals surface area contributed by atoms with Crippen LogP contribution in [0, 0.1) is 13.8 Å². The summed E-state index contributed by atoms with van der Waals surface area (Å²) >= 11 is 0. The van der Waals surface area contributed by atoms with E-state index in [1.165, 1.54) is 18.4 Å². The Hall–Kier alpha value is -1.06. The van der Waals surface area contributed by atoms with Gasteiger partial charge in [0.25, 0.3) is 0 Å². The highest BCUT2D eigenvalue weighted by atomic mass is 16.5. The van der Waals surface area contributed by atoms with Gasteiger partial charge in [0, 0.05) is 20.3 Å². The Balaban J connectivity index is 2.23. The van der Waals surface area contributed by atoms with Crippen LogP contribution in [0.15, 0.2) is 12.1 Å². The summed E-state index contributed by atoms with van der Waals surface area (Å²) in [6.45, 7) is 6.64. The minimum Gasteiger partial charge on any atom is -0.507 e. The van der Waals surface area contributed by atoms with E-state index in [9.17, 15) is 5.11 Å². The van der Waals surface area contributed by atoms with E-state index in [2.05, 4.69) is 5.32 Å². The highest BCUT2D eigenvalue weighted by Crippen LogP contribution is 2.22. The maximum absolute atomic E-state index is 9.69. The fraction of sp³-hybridized carbons (Fsp3) is 0.600. The first-order valence-electron chi connectivity index (χ1n) is 6.64. The quantitative estimate of drug-likeness (QED) is 0.698. The number of aryl methyl sites for hydroxylation is 2. The molecule has 18 heavy (non-hydrogen) atoms. The van der Waals surface area contributed by atoms with Crippen LogP contribution in [-0.2, 0) is 11.3 Å². The molecule has 3 nitrogen and oxygen atoms in total. The van der Waals surface area contributed by atoms with Crippen LogP contribution in [0.25, 0.3) is 0 Å². The van der Waals surface area contributed by atoms with Gasteiger partial charge in [0.2, 0.25) is 0 Å². The fourth-order valence-corrected chi connectivity index (χ4v) is 2.05. The number of phenolic OH excluding ortho intramolecular Hbond substituents is 1. The van der Waals surface area contributed by atoms with Gasteiger partial charge in [0.05, 0.1) is 0 Å². The van der Waals surface area contributed by atoms with Crippen LogP contribution < -0.4 is 5.32 Å². The van der Waals surface area contributed by atoms with Gasteiger partial charge in [-0.3, -0.25) is 0 Å². The molecule has 0 aliphatic heterocycles. The topological polar surface area (TPSA) is 41.5 Å². The summed E-state index contributed by atoms with van der Waals surface area (Å²) in [5.41, 5.74) is 3.14. The number of hydrogen-bond donors (Lipinski definition) is 2. The normalized spacial score (nSPS) is 10.8. The van der Waals surface area contributed by atoms with Gasteiger partial charge in [0.15, 0.2) is 0 Å². The van der Waals surface area contributed by atoms with E-state index in [1.807, 2.05) is 26.0 Å². The van der Waals surface area contributed by atoms with Crippen molar-refractivity contribution in [1.82, 2.24) is 5.32 Å². The average molecular weight is 251 g/mol. The van der Waals surface area contributed by atoms with E-state index in [0.29, 0.717) is 5.75 Å². The number of unbranched alkanes of at least 4 members (excludes halogenated alkanes) is 2. The van der Waals surface area contributed by atoms with Gasteiger partial charge in [-0.15, -0.1) is 0 Å². The van der Waals surface area contributed by atoms with Gasteiger partial charge in [-0.2, -0.15) is 0 Å². The molecule has 0 unspecified atom stereocenters. The third-order valence-electron chi connectivity index (χ3n) is 3.08. The van der Waals surface area contributed by atoms with Gasteiger partial charge in [-0.1, -0.05) is 12.1 Å². The Morgan fingerprint density at radius 2 is 1.78 bits per heavy atom. The smallest absolute Gasteiger partial charge is 0.121 e. The lowest BCUT2D eigenvalue weighted by Crippen LogP contribution is -2.15. The monoisotopic (exact) mass is 251 g/mol. The van der Waals surface area contributed by atoms with Gasteiger partial charge in [-0.05, 0) is 56.3 Å². The van der Waals surface area contributed by atoms with Crippen LogP contribution >= 0.6 is 0 Å². The molecule has 1 aromatic carbocycles. The number of rotatable bonds is 8. The summed E-state index contributed by atoms with van der Waals surface area (Å²) in [5, 5.41) is 13.1. The SMILES string of the molecule is COCCCCCNCc1cc(C)c(O)c(C)c1. The summed E-state index contributed by atoms with van der Waals surface area (Å²) in [4.78, 5) is 0. The van der Waals surface area contributed by atoms with Gasteiger partial charge < -0.3 is 15.2 Å². The molecule has 0 fully saturated rings. The van der Waals surface area contributed by atoms with Crippen molar-refractivity contribution in [3.63, 3.8) is 0 Å². The standard InChI is InChI=1S/C15H25NO2/c1-12-9-14(10-13(2)15(12)17)11-16-7-5-4-6-8-18-3/h9-10,16-17H,4-8,11H2,1-3H3. The number of hydrogen-bond acceptors (Lipinski definition) is 3. The molecule has 0 aromatic heterocycles. The number of ether oxygens (including phenoxy) is 1. The molecule has 3 heteroatoms. The van der Waals surface area contributed by atoms with Crippen LogP contribution in [0.3, 0.4) is 0 Å². The molecule has 1 aromatic rings. The summed E-state index contributed by atoms with van der Waals surface area (Å²) in [6.07, 6.45) is 3.52. The Kier molecular flexibility index (Phi) is 6.76. The van der Waals surface area contributed by atoms with Crippen molar-refractivity contribution in [2.45, 2.75) is 39.7 Å². The van der Waals surface area contributed by atoms with Gasteiger partial charge >= 0.3 is 0 Å². The maximum atomic E-state index is 9.69. The molecule has 0 heterocycles. The minimum atomic E-state index is 0.415. The van der Waals surface area contributed by atoms with Gasteiger partial charge in [0.1, 0.15) is 5.75 Å². The molecular weight excluding hydrogens is 226 g/mol. The van der Waals surface area contributed by atoms with Crippen molar-refractivity contribution in [2.24, 2.45) is 0 Å². The maximum Gasteiger partial charge on any atom is 0.121 e. The van der Waals surface area contributed by atoms with Gasteiger partial charge in [-0.25, -0.2) is 0 Å². The first kappa shape index (κ1) is 15.0. The Labute approximate surface area is 110 Å². The highest BCUT2D eigenvalue weighted by molar-refractivity contribution is 5.42. The highest BCUT2D eigenvalue weighted by Gasteiger charge is 2.02. The Morgan fingerprint density at radius 1 is 1.11 bits per heavy atom. The third-order valence-corrected chi connectivity index (χ3v) is 3.08. The van der Waals surface area contributed by atoms with Crippen LogP contribution in [-0.4, -0.2) is 25.4 Å². The van der Waals surface area contributed by atoms with Crippen molar-refractivity contribution >= 4 is 0 Å². The van der Waals surface area contributed by atoms with Crippen molar-refractivity contribution in [1.29, 1.82) is 0 Å².